The van der Waals surface area contributed by atoms with E-state index in [0.717, 1.165) is 61.6 Å². The molecule has 10 heteroatoms. The maximum atomic E-state index is 14.5. The van der Waals surface area contributed by atoms with Crippen molar-refractivity contribution in [1.82, 2.24) is 24.3 Å². The van der Waals surface area contributed by atoms with Crippen LogP contribution in [0.15, 0.2) is 66.9 Å². The average Bonchev–Trinajstić information content (AvgIpc) is 3.49. The third-order valence-electron chi connectivity index (χ3n) is 10.6. The van der Waals surface area contributed by atoms with Crippen molar-refractivity contribution in [3.8, 4) is 0 Å². The number of pyridine rings is 1. The van der Waals surface area contributed by atoms with E-state index in [4.69, 9.17) is 4.98 Å². The first-order valence-electron chi connectivity index (χ1n) is 15.9. The SMILES string of the molecule is Cc1nc2ccccc2n1C1CC2CCC(C1)N2CCC1(c2cccc(F)c2)CCN(C(=O)c2ncccc2C(F)(F)F)CC1. The monoisotopic (exact) mass is 619 g/mol. The van der Waals surface area contributed by atoms with Crippen LogP contribution in [0.1, 0.15) is 78.4 Å². The highest BCUT2D eigenvalue weighted by molar-refractivity contribution is 5.94. The Kier molecular flexibility index (Phi) is 7.66. The molecule has 5 heterocycles. The molecule has 0 aliphatic carbocycles. The van der Waals surface area contributed by atoms with E-state index >= 15 is 0 Å². The Labute approximate surface area is 260 Å². The van der Waals surface area contributed by atoms with E-state index in [-0.39, 0.29) is 24.3 Å². The van der Waals surface area contributed by atoms with Gasteiger partial charge in [-0.25, -0.2) is 9.37 Å². The van der Waals surface area contributed by atoms with Crippen LogP contribution in [0.3, 0.4) is 0 Å². The lowest BCUT2D eigenvalue weighted by Gasteiger charge is -2.45. The van der Waals surface area contributed by atoms with Gasteiger partial charge in [0, 0.05) is 37.4 Å². The van der Waals surface area contributed by atoms with Crippen LogP contribution in [-0.2, 0) is 11.6 Å². The van der Waals surface area contributed by atoms with E-state index < -0.39 is 23.3 Å². The molecule has 1 amide bonds. The van der Waals surface area contributed by atoms with Crippen molar-refractivity contribution in [3.05, 3.63) is 95.3 Å². The minimum Gasteiger partial charge on any atom is -0.337 e. The first-order valence-corrected chi connectivity index (χ1v) is 15.9. The lowest BCUT2D eigenvalue weighted by Crippen LogP contribution is -2.49. The minimum absolute atomic E-state index is 0.283. The van der Waals surface area contributed by atoms with Crippen molar-refractivity contribution >= 4 is 16.9 Å². The van der Waals surface area contributed by atoms with Crippen LogP contribution in [-0.4, -0.2) is 62.0 Å². The lowest BCUT2D eigenvalue weighted by molar-refractivity contribution is -0.138. The second kappa shape index (κ2) is 11.5. The Balaban J connectivity index is 1.08. The summed E-state index contributed by atoms with van der Waals surface area (Å²) in [7, 11) is 0. The highest BCUT2D eigenvalue weighted by Crippen LogP contribution is 2.45. The van der Waals surface area contributed by atoms with Gasteiger partial charge in [0.1, 0.15) is 17.3 Å². The number of aryl methyl sites for hydroxylation is 1. The van der Waals surface area contributed by atoms with Crippen LogP contribution in [0.5, 0.6) is 0 Å². The normalized spacial score (nSPS) is 23.5. The van der Waals surface area contributed by atoms with Gasteiger partial charge in [0.05, 0.1) is 16.6 Å². The molecule has 2 atom stereocenters. The van der Waals surface area contributed by atoms with Crippen LogP contribution >= 0.6 is 0 Å². The van der Waals surface area contributed by atoms with Crippen LogP contribution in [0.4, 0.5) is 17.6 Å². The number of imidazole rings is 1. The smallest absolute Gasteiger partial charge is 0.337 e. The van der Waals surface area contributed by atoms with Crippen LogP contribution < -0.4 is 0 Å². The standard InChI is InChI=1S/C35H37F4N5O/c1-23-41-30-9-2-3-10-31(30)44(23)28-21-26-11-12-27(22-28)43(26)19-15-34(24-6-4-7-25(36)20-24)13-17-42(18-14-34)33(45)32-29(35(37,38)39)8-5-16-40-32/h2-10,16,20,26-28H,11-15,17-19,21-22H2,1H3. The Morgan fingerprint density at radius 3 is 2.40 bits per heavy atom. The van der Waals surface area contributed by atoms with Gasteiger partial charge in [-0.15, -0.1) is 0 Å². The Bertz CT molecular complexity index is 1700. The van der Waals surface area contributed by atoms with Crippen molar-refractivity contribution in [2.45, 2.75) is 81.6 Å². The predicted molar refractivity (Wildman–Crippen MR) is 163 cm³/mol. The number of nitrogens with zero attached hydrogens (tertiary/aromatic N) is 5. The van der Waals surface area contributed by atoms with E-state index in [1.165, 1.54) is 28.7 Å². The third-order valence-corrected chi connectivity index (χ3v) is 10.6. The number of rotatable bonds is 6. The number of hydrogen-bond donors (Lipinski definition) is 0. The fourth-order valence-corrected chi connectivity index (χ4v) is 8.38. The van der Waals surface area contributed by atoms with Crippen LogP contribution in [0.2, 0.25) is 0 Å². The molecule has 3 saturated heterocycles. The molecule has 2 unspecified atom stereocenters. The number of halogens is 4. The fraction of sp³-hybridized carbons (Fsp3) is 0.457. The quantitative estimate of drug-likeness (QED) is 0.212. The number of amides is 1. The number of fused-ring (bicyclic) bond motifs is 3. The van der Waals surface area contributed by atoms with Crippen molar-refractivity contribution < 1.29 is 22.4 Å². The first kappa shape index (κ1) is 29.9. The van der Waals surface area contributed by atoms with E-state index in [2.05, 4.69) is 39.6 Å². The highest BCUT2D eigenvalue weighted by atomic mass is 19.4. The summed E-state index contributed by atoms with van der Waals surface area (Å²) >= 11 is 0. The topological polar surface area (TPSA) is 54.3 Å². The van der Waals surface area contributed by atoms with Gasteiger partial charge in [0.25, 0.3) is 5.91 Å². The summed E-state index contributed by atoms with van der Waals surface area (Å²) in [4.78, 5) is 26.0. The van der Waals surface area contributed by atoms with Crippen LogP contribution in [0, 0.1) is 12.7 Å². The molecule has 0 radical (unpaired) electrons. The second-order valence-corrected chi connectivity index (χ2v) is 13.0. The largest absolute Gasteiger partial charge is 0.418 e. The third kappa shape index (κ3) is 5.51. The van der Waals surface area contributed by atoms with Gasteiger partial charge in [-0.1, -0.05) is 24.3 Å². The summed E-state index contributed by atoms with van der Waals surface area (Å²) in [6.45, 7) is 3.51. The predicted octanol–water partition coefficient (Wildman–Crippen LogP) is 7.33. The number of hydrogen-bond acceptors (Lipinski definition) is 4. The number of likely N-dealkylation sites (tertiary alicyclic amines) is 1. The van der Waals surface area contributed by atoms with E-state index in [1.807, 2.05) is 12.1 Å². The maximum absolute atomic E-state index is 14.5. The molecule has 0 spiro atoms. The molecule has 3 fully saturated rings. The van der Waals surface area contributed by atoms with E-state index in [1.54, 1.807) is 12.1 Å². The van der Waals surface area contributed by atoms with Crippen molar-refractivity contribution in [2.24, 2.45) is 0 Å². The van der Waals surface area contributed by atoms with Gasteiger partial charge in [-0.3, -0.25) is 14.7 Å². The van der Waals surface area contributed by atoms with Gasteiger partial charge in [-0.2, -0.15) is 13.2 Å². The molecule has 0 saturated carbocycles. The molecule has 2 bridgehead atoms. The average molecular weight is 620 g/mol. The minimum atomic E-state index is -4.67. The van der Waals surface area contributed by atoms with Gasteiger partial charge < -0.3 is 9.47 Å². The van der Waals surface area contributed by atoms with Crippen LogP contribution in [0.25, 0.3) is 11.0 Å². The van der Waals surface area contributed by atoms with Gasteiger partial charge in [0.2, 0.25) is 0 Å². The molecule has 45 heavy (non-hydrogen) atoms. The molecule has 3 aliphatic rings. The fourth-order valence-electron chi connectivity index (χ4n) is 8.38. The summed E-state index contributed by atoms with van der Waals surface area (Å²) in [6.07, 6.45) is 2.83. The molecule has 3 aliphatic heterocycles. The number of piperidine rings is 2. The van der Waals surface area contributed by atoms with Crippen molar-refractivity contribution in [3.63, 3.8) is 0 Å². The maximum Gasteiger partial charge on any atom is 0.418 e. The van der Waals surface area contributed by atoms with Gasteiger partial charge >= 0.3 is 6.18 Å². The summed E-state index contributed by atoms with van der Waals surface area (Å²) in [5, 5.41) is 0. The Morgan fingerprint density at radius 1 is 0.956 bits per heavy atom. The summed E-state index contributed by atoms with van der Waals surface area (Å²) in [5.41, 5.74) is 1.14. The lowest BCUT2D eigenvalue weighted by atomic mass is 9.70. The van der Waals surface area contributed by atoms with Gasteiger partial charge in [0.15, 0.2) is 0 Å². The second-order valence-electron chi connectivity index (χ2n) is 13.0. The zero-order chi connectivity index (χ0) is 31.3. The molecule has 7 rings (SSSR count). The Hall–Kier alpha value is -3.79. The van der Waals surface area contributed by atoms with Crippen molar-refractivity contribution in [2.75, 3.05) is 19.6 Å². The number of carbonyl (C=O) groups excluding carboxylic acids is 1. The number of carbonyl (C=O) groups is 1. The Morgan fingerprint density at radius 2 is 1.69 bits per heavy atom. The zero-order valence-corrected chi connectivity index (χ0v) is 25.3. The van der Waals surface area contributed by atoms with E-state index in [0.29, 0.717) is 31.0 Å². The molecule has 2 aromatic heterocycles. The molecule has 0 N–H and O–H groups in total. The molecule has 4 aromatic rings. The van der Waals surface area contributed by atoms with Gasteiger partial charge in [-0.05, 0) is 106 Å². The molecule has 6 nitrogen and oxygen atoms in total. The molecule has 2 aromatic carbocycles. The summed E-state index contributed by atoms with van der Waals surface area (Å²) in [5.74, 6) is 0.0316. The number of alkyl halides is 3. The first-order chi connectivity index (χ1) is 21.6. The zero-order valence-electron chi connectivity index (χ0n) is 25.3. The summed E-state index contributed by atoms with van der Waals surface area (Å²) in [6, 6.07) is 18.4. The highest BCUT2D eigenvalue weighted by Gasteiger charge is 2.45. The molecular formula is C35H37F4N5O. The molecule has 236 valence electrons. The number of para-hydroxylation sites is 2. The van der Waals surface area contributed by atoms with Crippen molar-refractivity contribution in [1.29, 1.82) is 0 Å². The molecular weight excluding hydrogens is 582 g/mol. The van der Waals surface area contributed by atoms with E-state index in [9.17, 15) is 22.4 Å². The number of aromatic nitrogens is 3. The summed E-state index contributed by atoms with van der Waals surface area (Å²) < 4.78 is 57.9. The number of benzene rings is 2.